The Labute approximate surface area is 114 Å². The van der Waals surface area contributed by atoms with Gasteiger partial charge in [0.15, 0.2) is 0 Å². The maximum Gasteiger partial charge on any atom is 0.265 e. The molecule has 98 valence electrons. The number of likely N-dealkylation sites (N-methyl/N-ethyl adjacent to an activating group) is 1. The first-order valence-corrected chi connectivity index (χ1v) is 6.69. The minimum Gasteiger partial charge on any atom is -0.338 e. The van der Waals surface area contributed by atoms with Gasteiger partial charge in [-0.1, -0.05) is 54.9 Å². The number of nitrogens with zero attached hydrogens (tertiary/aromatic N) is 1. The summed E-state index contributed by atoms with van der Waals surface area (Å²) in [6.07, 6.45) is 1.82. The van der Waals surface area contributed by atoms with Gasteiger partial charge < -0.3 is 4.90 Å². The Hall–Kier alpha value is -1.28. The Morgan fingerprint density at radius 3 is 2.33 bits per heavy atom. The molecule has 0 heterocycles. The molecule has 1 unspecified atom stereocenters. The average molecular weight is 266 g/mol. The van der Waals surface area contributed by atoms with E-state index in [1.165, 1.54) is 0 Å². The van der Waals surface area contributed by atoms with E-state index in [9.17, 15) is 4.79 Å². The molecular weight excluding hydrogens is 246 g/mol. The molecule has 0 fully saturated rings. The van der Waals surface area contributed by atoms with E-state index >= 15 is 0 Å². The van der Waals surface area contributed by atoms with Gasteiger partial charge in [0.05, 0.1) is 0 Å². The van der Waals surface area contributed by atoms with Crippen LogP contribution in [0.5, 0.6) is 0 Å². The minimum atomic E-state index is -0.0931. The molecule has 0 aliphatic rings. The molecule has 3 heteroatoms. The van der Waals surface area contributed by atoms with Crippen molar-refractivity contribution in [1.82, 2.24) is 4.90 Å². The Balaban J connectivity index is 2.80. The summed E-state index contributed by atoms with van der Waals surface area (Å²) in [7, 11) is 0. The summed E-state index contributed by atoms with van der Waals surface area (Å²) in [6, 6.07) is 10.0. The van der Waals surface area contributed by atoms with Gasteiger partial charge in [-0.15, -0.1) is 0 Å². The molecule has 0 radical (unpaired) electrons. The van der Waals surface area contributed by atoms with Crippen molar-refractivity contribution in [3.63, 3.8) is 0 Å². The highest BCUT2D eigenvalue weighted by Gasteiger charge is 2.14. The molecule has 1 rings (SSSR count). The van der Waals surface area contributed by atoms with Crippen molar-refractivity contribution in [2.24, 2.45) is 0 Å². The highest BCUT2D eigenvalue weighted by molar-refractivity contribution is 6.42. The highest BCUT2D eigenvalue weighted by Crippen LogP contribution is 2.20. The van der Waals surface area contributed by atoms with Crippen molar-refractivity contribution in [3.8, 4) is 0 Å². The smallest absolute Gasteiger partial charge is 0.265 e. The van der Waals surface area contributed by atoms with E-state index in [1.807, 2.05) is 57.2 Å². The summed E-state index contributed by atoms with van der Waals surface area (Å²) in [5, 5.41) is 0.301. The summed E-state index contributed by atoms with van der Waals surface area (Å²) < 4.78 is 0. The predicted octanol–water partition coefficient (Wildman–Crippen LogP) is 3.78. The van der Waals surface area contributed by atoms with Crippen molar-refractivity contribution >= 4 is 17.5 Å². The van der Waals surface area contributed by atoms with Crippen LogP contribution in [0.4, 0.5) is 0 Å². The third-order valence-electron chi connectivity index (χ3n) is 2.98. The summed E-state index contributed by atoms with van der Waals surface area (Å²) in [5.74, 6) is 0.0441. The number of hydrogen-bond donors (Lipinski definition) is 0. The van der Waals surface area contributed by atoms with Crippen LogP contribution in [0, 0.1) is 0 Å². The Morgan fingerprint density at radius 2 is 1.83 bits per heavy atom. The van der Waals surface area contributed by atoms with Crippen molar-refractivity contribution in [2.75, 3.05) is 13.1 Å². The second-order valence-corrected chi connectivity index (χ2v) is 4.60. The number of carbonyl (C=O) groups excluding carboxylic acids is 1. The van der Waals surface area contributed by atoms with Gasteiger partial charge in [-0.2, -0.15) is 0 Å². The largest absolute Gasteiger partial charge is 0.338 e. The van der Waals surface area contributed by atoms with E-state index in [4.69, 9.17) is 11.6 Å². The Kier molecular flexibility index (Phi) is 5.93. The summed E-state index contributed by atoms with van der Waals surface area (Å²) in [4.78, 5) is 13.7. The average Bonchev–Trinajstić information content (AvgIpc) is 2.40. The first-order valence-electron chi connectivity index (χ1n) is 6.31. The first-order chi connectivity index (χ1) is 8.60. The molecular formula is C15H20ClNO. The van der Waals surface area contributed by atoms with Crippen molar-refractivity contribution in [3.05, 3.63) is 47.0 Å². The lowest BCUT2D eigenvalue weighted by atomic mass is 10.0. The molecule has 0 aromatic heterocycles. The fourth-order valence-corrected chi connectivity index (χ4v) is 2.11. The minimum absolute atomic E-state index is 0.0931. The molecule has 2 nitrogen and oxygen atoms in total. The lowest BCUT2D eigenvalue weighted by molar-refractivity contribution is -0.126. The van der Waals surface area contributed by atoms with Gasteiger partial charge in [-0.3, -0.25) is 4.79 Å². The van der Waals surface area contributed by atoms with Crippen LogP contribution in [0.2, 0.25) is 0 Å². The fourth-order valence-electron chi connectivity index (χ4n) is 1.81. The maximum atomic E-state index is 12.0. The van der Waals surface area contributed by atoms with E-state index in [0.29, 0.717) is 18.1 Å². The third-order valence-corrected chi connectivity index (χ3v) is 3.26. The van der Waals surface area contributed by atoms with Crippen LogP contribution in [0.1, 0.15) is 32.3 Å². The normalized spacial score (nSPS) is 13.2. The fraction of sp³-hybridized carbons (Fsp3) is 0.400. The van der Waals surface area contributed by atoms with E-state index < -0.39 is 0 Å². The quantitative estimate of drug-likeness (QED) is 0.742. The van der Waals surface area contributed by atoms with Crippen LogP contribution in [-0.2, 0) is 4.79 Å². The van der Waals surface area contributed by atoms with Crippen LogP contribution in [-0.4, -0.2) is 23.9 Å². The molecule has 1 aromatic rings. The Morgan fingerprint density at radius 1 is 1.28 bits per heavy atom. The van der Waals surface area contributed by atoms with E-state index in [2.05, 4.69) is 0 Å². The van der Waals surface area contributed by atoms with Gasteiger partial charge in [-0.05, 0) is 19.4 Å². The number of rotatable bonds is 5. The standard InChI is InChI=1S/C15H20ClNO/c1-4-17(5-2)15(18)14(16)11-12(3)13-9-7-6-8-10-13/h6-12H,4-5H2,1-3H3/b14-11-. The molecule has 18 heavy (non-hydrogen) atoms. The molecule has 1 aromatic carbocycles. The van der Waals surface area contributed by atoms with Crippen molar-refractivity contribution < 1.29 is 4.79 Å². The molecule has 0 aliphatic carbocycles. The zero-order valence-corrected chi connectivity index (χ0v) is 11.9. The number of hydrogen-bond acceptors (Lipinski definition) is 1. The monoisotopic (exact) mass is 265 g/mol. The van der Waals surface area contributed by atoms with Gasteiger partial charge in [0.25, 0.3) is 5.91 Å². The van der Waals surface area contributed by atoms with Crippen LogP contribution in [0.25, 0.3) is 0 Å². The summed E-state index contributed by atoms with van der Waals surface area (Å²) in [6.45, 7) is 7.30. The second-order valence-electron chi connectivity index (χ2n) is 4.19. The van der Waals surface area contributed by atoms with Crippen molar-refractivity contribution in [2.45, 2.75) is 26.7 Å². The van der Waals surface area contributed by atoms with Gasteiger partial charge in [0.1, 0.15) is 5.03 Å². The number of allylic oxidation sites excluding steroid dienone is 1. The van der Waals surface area contributed by atoms with E-state index in [-0.39, 0.29) is 11.8 Å². The molecule has 0 spiro atoms. The predicted molar refractivity (Wildman–Crippen MR) is 76.7 cm³/mol. The SMILES string of the molecule is CCN(CC)C(=O)/C(Cl)=C/C(C)c1ccccc1. The van der Waals surface area contributed by atoms with Crippen LogP contribution in [0.3, 0.4) is 0 Å². The molecule has 0 N–H and O–H groups in total. The summed E-state index contributed by atoms with van der Waals surface area (Å²) >= 11 is 6.10. The molecule has 1 atom stereocenters. The van der Waals surface area contributed by atoms with Crippen LogP contribution in [0.15, 0.2) is 41.4 Å². The third kappa shape index (κ3) is 3.88. The van der Waals surface area contributed by atoms with Crippen LogP contribution < -0.4 is 0 Å². The maximum absolute atomic E-state index is 12.0. The molecule has 0 saturated heterocycles. The van der Waals surface area contributed by atoms with Gasteiger partial charge in [0, 0.05) is 19.0 Å². The topological polar surface area (TPSA) is 20.3 Å². The van der Waals surface area contributed by atoms with Gasteiger partial charge >= 0.3 is 0 Å². The number of halogens is 1. The number of benzene rings is 1. The van der Waals surface area contributed by atoms with E-state index in [0.717, 1.165) is 5.56 Å². The van der Waals surface area contributed by atoms with Crippen LogP contribution >= 0.6 is 11.6 Å². The van der Waals surface area contributed by atoms with E-state index in [1.54, 1.807) is 4.90 Å². The molecule has 0 aliphatic heterocycles. The number of carbonyl (C=O) groups is 1. The molecule has 1 amide bonds. The Bertz CT molecular complexity index is 410. The zero-order chi connectivity index (χ0) is 13.5. The summed E-state index contributed by atoms with van der Waals surface area (Å²) in [5.41, 5.74) is 1.16. The zero-order valence-electron chi connectivity index (χ0n) is 11.2. The van der Waals surface area contributed by atoms with Gasteiger partial charge in [0.2, 0.25) is 0 Å². The lowest BCUT2D eigenvalue weighted by Crippen LogP contribution is -2.30. The van der Waals surface area contributed by atoms with Crippen molar-refractivity contribution in [1.29, 1.82) is 0 Å². The number of amides is 1. The second kappa shape index (κ2) is 7.22. The molecule has 0 bridgehead atoms. The molecule has 0 saturated carbocycles. The lowest BCUT2D eigenvalue weighted by Gasteiger charge is -2.18. The first kappa shape index (κ1) is 14.8. The van der Waals surface area contributed by atoms with Gasteiger partial charge in [-0.25, -0.2) is 0 Å². The highest BCUT2D eigenvalue weighted by atomic mass is 35.5.